The van der Waals surface area contributed by atoms with Gasteiger partial charge < -0.3 is 9.47 Å². The van der Waals surface area contributed by atoms with Gasteiger partial charge >= 0.3 is 0 Å². The molecule has 1 unspecified atom stereocenters. The molecule has 0 heterocycles. The van der Waals surface area contributed by atoms with E-state index in [-0.39, 0.29) is 6.04 Å². The lowest BCUT2D eigenvalue weighted by Gasteiger charge is -2.18. The standard InChI is InChI=1S/C11H18N2O2/c1-8-4-5-9(11(6-8)15-3)10(13-12)7-14-2/h4-6,10,13H,7,12H2,1-3H3. The van der Waals surface area contributed by atoms with Gasteiger partial charge in [0.2, 0.25) is 0 Å². The Kier molecular flexibility index (Phi) is 4.55. The first-order valence-electron chi connectivity index (χ1n) is 4.82. The van der Waals surface area contributed by atoms with E-state index in [1.54, 1.807) is 14.2 Å². The van der Waals surface area contributed by atoms with Gasteiger partial charge in [0, 0.05) is 12.7 Å². The molecule has 4 heteroatoms. The molecule has 0 amide bonds. The molecule has 84 valence electrons. The van der Waals surface area contributed by atoms with Crippen LogP contribution in [-0.2, 0) is 4.74 Å². The molecular formula is C11H18N2O2. The second-order valence-corrected chi connectivity index (χ2v) is 3.42. The number of benzene rings is 1. The highest BCUT2D eigenvalue weighted by atomic mass is 16.5. The van der Waals surface area contributed by atoms with Crippen LogP contribution in [0.3, 0.4) is 0 Å². The van der Waals surface area contributed by atoms with E-state index >= 15 is 0 Å². The van der Waals surface area contributed by atoms with E-state index < -0.39 is 0 Å². The van der Waals surface area contributed by atoms with Crippen molar-refractivity contribution in [2.24, 2.45) is 5.84 Å². The lowest BCUT2D eigenvalue weighted by Crippen LogP contribution is -2.31. The van der Waals surface area contributed by atoms with Crippen molar-refractivity contribution >= 4 is 0 Å². The maximum atomic E-state index is 5.47. The Bertz CT molecular complexity index is 315. The van der Waals surface area contributed by atoms with E-state index in [0.717, 1.165) is 16.9 Å². The van der Waals surface area contributed by atoms with Gasteiger partial charge in [-0.3, -0.25) is 11.3 Å². The summed E-state index contributed by atoms with van der Waals surface area (Å²) in [6, 6.07) is 5.95. The quantitative estimate of drug-likeness (QED) is 0.565. The molecule has 0 aliphatic heterocycles. The van der Waals surface area contributed by atoms with Gasteiger partial charge in [0.05, 0.1) is 19.8 Å². The summed E-state index contributed by atoms with van der Waals surface area (Å²) in [4.78, 5) is 0. The first kappa shape index (κ1) is 12.0. The van der Waals surface area contributed by atoms with Crippen LogP contribution in [0.1, 0.15) is 17.2 Å². The van der Waals surface area contributed by atoms with Gasteiger partial charge in [-0.15, -0.1) is 0 Å². The van der Waals surface area contributed by atoms with E-state index in [2.05, 4.69) is 5.43 Å². The first-order valence-corrected chi connectivity index (χ1v) is 4.82. The number of hydrogen-bond donors (Lipinski definition) is 2. The van der Waals surface area contributed by atoms with Gasteiger partial charge in [0.1, 0.15) is 5.75 Å². The number of methoxy groups -OCH3 is 2. The minimum atomic E-state index is -0.0504. The highest BCUT2D eigenvalue weighted by Gasteiger charge is 2.14. The summed E-state index contributed by atoms with van der Waals surface area (Å²) in [6.45, 7) is 2.53. The Morgan fingerprint density at radius 2 is 2.13 bits per heavy atom. The summed E-state index contributed by atoms with van der Waals surface area (Å²) in [5, 5.41) is 0. The molecule has 4 nitrogen and oxygen atoms in total. The molecule has 0 aromatic heterocycles. The van der Waals surface area contributed by atoms with Gasteiger partial charge in [0.15, 0.2) is 0 Å². The molecule has 0 radical (unpaired) electrons. The van der Waals surface area contributed by atoms with Crippen molar-refractivity contribution in [2.75, 3.05) is 20.8 Å². The molecule has 0 saturated carbocycles. The summed E-state index contributed by atoms with van der Waals surface area (Å²) in [5.74, 6) is 6.30. The van der Waals surface area contributed by atoms with Crippen LogP contribution in [0.4, 0.5) is 0 Å². The third-order valence-electron chi connectivity index (χ3n) is 2.30. The van der Waals surface area contributed by atoms with Crippen molar-refractivity contribution in [3.63, 3.8) is 0 Å². The number of ether oxygens (including phenoxy) is 2. The highest BCUT2D eigenvalue weighted by Crippen LogP contribution is 2.25. The zero-order chi connectivity index (χ0) is 11.3. The zero-order valence-corrected chi connectivity index (χ0v) is 9.41. The summed E-state index contributed by atoms with van der Waals surface area (Å²) < 4.78 is 10.4. The van der Waals surface area contributed by atoms with Crippen LogP contribution >= 0.6 is 0 Å². The zero-order valence-electron chi connectivity index (χ0n) is 9.41. The Morgan fingerprint density at radius 3 is 2.67 bits per heavy atom. The van der Waals surface area contributed by atoms with Crippen LogP contribution in [-0.4, -0.2) is 20.8 Å². The number of nitrogens with two attached hydrogens (primary N) is 1. The fourth-order valence-corrected chi connectivity index (χ4v) is 1.50. The summed E-state index contributed by atoms with van der Waals surface area (Å²) in [7, 11) is 3.30. The topological polar surface area (TPSA) is 56.5 Å². The molecule has 1 atom stereocenters. The molecular weight excluding hydrogens is 192 g/mol. The predicted molar refractivity (Wildman–Crippen MR) is 59.7 cm³/mol. The molecule has 0 fully saturated rings. The van der Waals surface area contributed by atoms with E-state index in [1.165, 1.54) is 0 Å². The lowest BCUT2D eigenvalue weighted by atomic mass is 10.0. The fourth-order valence-electron chi connectivity index (χ4n) is 1.50. The number of hydrazine groups is 1. The van der Waals surface area contributed by atoms with Crippen molar-refractivity contribution in [3.8, 4) is 5.75 Å². The maximum Gasteiger partial charge on any atom is 0.124 e. The Balaban J connectivity index is 2.99. The maximum absolute atomic E-state index is 5.47. The number of rotatable bonds is 5. The Morgan fingerprint density at radius 1 is 1.40 bits per heavy atom. The molecule has 0 spiro atoms. The van der Waals surface area contributed by atoms with Crippen molar-refractivity contribution < 1.29 is 9.47 Å². The highest BCUT2D eigenvalue weighted by molar-refractivity contribution is 5.39. The fraction of sp³-hybridized carbons (Fsp3) is 0.455. The molecule has 0 saturated heterocycles. The number of nitrogens with one attached hydrogen (secondary N) is 1. The Hall–Kier alpha value is -1.10. The van der Waals surface area contributed by atoms with E-state index in [4.69, 9.17) is 15.3 Å². The largest absolute Gasteiger partial charge is 0.496 e. The SMILES string of the molecule is COCC(NN)c1ccc(C)cc1OC. The lowest BCUT2D eigenvalue weighted by molar-refractivity contribution is 0.166. The number of hydrogen-bond acceptors (Lipinski definition) is 4. The molecule has 0 bridgehead atoms. The van der Waals surface area contributed by atoms with Crippen LogP contribution < -0.4 is 16.0 Å². The minimum absolute atomic E-state index is 0.0504. The third kappa shape index (κ3) is 2.92. The van der Waals surface area contributed by atoms with Crippen LogP contribution in [0.15, 0.2) is 18.2 Å². The van der Waals surface area contributed by atoms with Crippen molar-refractivity contribution in [1.82, 2.24) is 5.43 Å². The van der Waals surface area contributed by atoms with E-state index in [0.29, 0.717) is 6.61 Å². The van der Waals surface area contributed by atoms with Gasteiger partial charge in [-0.05, 0) is 18.6 Å². The van der Waals surface area contributed by atoms with Crippen LogP contribution in [0.5, 0.6) is 5.75 Å². The van der Waals surface area contributed by atoms with Crippen molar-refractivity contribution in [1.29, 1.82) is 0 Å². The molecule has 0 aliphatic carbocycles. The average molecular weight is 210 g/mol. The molecule has 1 aromatic rings. The normalized spacial score (nSPS) is 12.5. The monoisotopic (exact) mass is 210 g/mol. The third-order valence-corrected chi connectivity index (χ3v) is 2.30. The summed E-state index contributed by atoms with van der Waals surface area (Å²) in [5.41, 5.74) is 4.87. The Labute approximate surface area is 90.3 Å². The van der Waals surface area contributed by atoms with Crippen molar-refractivity contribution in [3.05, 3.63) is 29.3 Å². The van der Waals surface area contributed by atoms with Crippen LogP contribution in [0.2, 0.25) is 0 Å². The molecule has 1 rings (SSSR count). The van der Waals surface area contributed by atoms with Gasteiger partial charge in [0.25, 0.3) is 0 Å². The van der Waals surface area contributed by atoms with Gasteiger partial charge in [-0.1, -0.05) is 12.1 Å². The molecule has 1 aromatic carbocycles. The second-order valence-electron chi connectivity index (χ2n) is 3.42. The predicted octanol–water partition coefficient (Wildman–Crippen LogP) is 1.15. The average Bonchev–Trinajstić information content (AvgIpc) is 2.26. The second kappa shape index (κ2) is 5.70. The smallest absolute Gasteiger partial charge is 0.124 e. The molecule has 15 heavy (non-hydrogen) atoms. The summed E-state index contributed by atoms with van der Waals surface area (Å²) >= 11 is 0. The van der Waals surface area contributed by atoms with E-state index in [9.17, 15) is 0 Å². The summed E-state index contributed by atoms with van der Waals surface area (Å²) in [6.07, 6.45) is 0. The minimum Gasteiger partial charge on any atom is -0.496 e. The number of aryl methyl sites for hydroxylation is 1. The van der Waals surface area contributed by atoms with E-state index in [1.807, 2.05) is 25.1 Å². The van der Waals surface area contributed by atoms with Crippen LogP contribution in [0, 0.1) is 6.92 Å². The van der Waals surface area contributed by atoms with Crippen molar-refractivity contribution in [2.45, 2.75) is 13.0 Å². The molecule has 0 aliphatic rings. The van der Waals surface area contributed by atoms with Crippen LogP contribution in [0.25, 0.3) is 0 Å². The first-order chi connectivity index (χ1) is 7.22. The molecule has 3 N–H and O–H groups in total. The van der Waals surface area contributed by atoms with Gasteiger partial charge in [-0.25, -0.2) is 0 Å². The van der Waals surface area contributed by atoms with Gasteiger partial charge in [-0.2, -0.15) is 0 Å².